The zero-order chi connectivity index (χ0) is 19.3. The molecule has 0 unspecified atom stereocenters. The minimum atomic E-state index is -3.55. The first kappa shape index (κ1) is 18.9. The van der Waals surface area contributed by atoms with Crippen molar-refractivity contribution in [3.8, 4) is 0 Å². The number of aryl methyl sites for hydroxylation is 1. The lowest BCUT2D eigenvalue weighted by atomic mass is 10.2. The fraction of sp³-hybridized carbons (Fsp3) is 0.190. The van der Waals surface area contributed by atoms with Crippen molar-refractivity contribution >= 4 is 15.7 Å². The number of carbonyl (C=O) groups excluding carboxylic acids is 1. The van der Waals surface area contributed by atoms with E-state index >= 15 is 0 Å². The van der Waals surface area contributed by atoms with Gasteiger partial charge in [-0.15, -0.1) is 0 Å². The maximum absolute atomic E-state index is 12.7. The van der Waals surface area contributed by atoms with E-state index < -0.39 is 9.84 Å². The highest BCUT2D eigenvalue weighted by Crippen LogP contribution is 2.22. The maximum atomic E-state index is 12.7. The molecule has 0 aliphatic carbocycles. The highest BCUT2D eigenvalue weighted by Gasteiger charge is 2.21. The Balaban J connectivity index is 1.69. The lowest BCUT2D eigenvalue weighted by Crippen LogP contribution is -2.22. The largest absolute Gasteiger partial charge is 0.455 e. The molecule has 6 heteroatoms. The van der Waals surface area contributed by atoms with Crippen molar-refractivity contribution in [3.63, 3.8) is 0 Å². The molecule has 3 aromatic rings. The standard InChI is InChI=1S/C21H21NO4S/c1-2-17-10-6-7-11-20(17)27(24,25)15-18-12-13-19(26-18)21(23)22-14-16-8-4-3-5-9-16/h3-13H,2,14-15H2,1H3,(H,22,23). The monoisotopic (exact) mass is 383 g/mol. The number of carbonyl (C=O) groups is 1. The molecule has 0 aliphatic rings. The summed E-state index contributed by atoms with van der Waals surface area (Å²) < 4.78 is 30.9. The molecule has 0 aliphatic heterocycles. The Morgan fingerprint density at radius 2 is 1.67 bits per heavy atom. The summed E-state index contributed by atoms with van der Waals surface area (Å²) in [6.45, 7) is 2.29. The van der Waals surface area contributed by atoms with Crippen molar-refractivity contribution in [3.05, 3.63) is 89.4 Å². The third-order valence-electron chi connectivity index (χ3n) is 4.20. The molecule has 0 fully saturated rings. The van der Waals surface area contributed by atoms with E-state index in [4.69, 9.17) is 4.42 Å². The van der Waals surface area contributed by atoms with E-state index in [1.807, 2.05) is 43.3 Å². The van der Waals surface area contributed by atoms with Gasteiger partial charge in [0.2, 0.25) is 0 Å². The van der Waals surface area contributed by atoms with Crippen LogP contribution < -0.4 is 5.32 Å². The van der Waals surface area contributed by atoms with Crippen LogP contribution >= 0.6 is 0 Å². The molecule has 1 heterocycles. The van der Waals surface area contributed by atoms with Gasteiger partial charge in [0.05, 0.1) is 4.90 Å². The summed E-state index contributed by atoms with van der Waals surface area (Å²) in [7, 11) is -3.55. The molecule has 5 nitrogen and oxygen atoms in total. The van der Waals surface area contributed by atoms with Crippen LogP contribution in [0.5, 0.6) is 0 Å². The summed E-state index contributed by atoms with van der Waals surface area (Å²) in [6, 6.07) is 19.5. The first-order chi connectivity index (χ1) is 13.0. The van der Waals surface area contributed by atoms with Crippen LogP contribution in [0.1, 0.15) is 34.4 Å². The molecule has 1 N–H and O–H groups in total. The van der Waals surface area contributed by atoms with Crippen LogP contribution in [0.4, 0.5) is 0 Å². The summed E-state index contributed by atoms with van der Waals surface area (Å²) in [5.74, 6) is -0.321. The molecule has 0 atom stereocenters. The van der Waals surface area contributed by atoms with Crippen LogP contribution in [-0.4, -0.2) is 14.3 Å². The van der Waals surface area contributed by atoms with Gasteiger partial charge in [0, 0.05) is 6.54 Å². The zero-order valence-electron chi connectivity index (χ0n) is 15.0. The normalized spacial score (nSPS) is 11.3. The van der Waals surface area contributed by atoms with Crippen molar-refractivity contribution < 1.29 is 17.6 Å². The Hall–Kier alpha value is -2.86. The quantitative estimate of drug-likeness (QED) is 0.674. The third-order valence-corrected chi connectivity index (χ3v) is 5.94. The van der Waals surface area contributed by atoms with Gasteiger partial charge in [-0.05, 0) is 35.7 Å². The molecule has 1 aromatic heterocycles. The number of sulfone groups is 1. The Bertz CT molecular complexity index is 1020. The number of hydrogen-bond acceptors (Lipinski definition) is 4. The molecule has 2 aromatic carbocycles. The van der Waals surface area contributed by atoms with Gasteiger partial charge >= 0.3 is 0 Å². The smallest absolute Gasteiger partial charge is 0.287 e. The van der Waals surface area contributed by atoms with Crippen molar-refractivity contribution in [1.29, 1.82) is 0 Å². The summed E-state index contributed by atoms with van der Waals surface area (Å²) in [4.78, 5) is 12.5. The van der Waals surface area contributed by atoms with Gasteiger partial charge in [-0.3, -0.25) is 4.79 Å². The number of amides is 1. The second kappa shape index (κ2) is 8.22. The van der Waals surface area contributed by atoms with Gasteiger partial charge in [0.25, 0.3) is 5.91 Å². The van der Waals surface area contributed by atoms with E-state index in [0.29, 0.717) is 17.9 Å². The Labute approximate surface area is 159 Å². The van der Waals surface area contributed by atoms with Crippen molar-refractivity contribution in [1.82, 2.24) is 5.32 Å². The lowest BCUT2D eigenvalue weighted by molar-refractivity contribution is 0.0921. The summed E-state index contributed by atoms with van der Waals surface area (Å²) in [5.41, 5.74) is 1.74. The molecule has 0 bridgehead atoms. The van der Waals surface area contributed by atoms with E-state index in [9.17, 15) is 13.2 Å². The molecule has 1 amide bonds. The highest BCUT2D eigenvalue weighted by molar-refractivity contribution is 7.90. The zero-order valence-corrected chi connectivity index (χ0v) is 15.8. The number of furan rings is 1. The molecular weight excluding hydrogens is 362 g/mol. The van der Waals surface area contributed by atoms with Gasteiger partial charge in [-0.1, -0.05) is 55.5 Å². The predicted octanol–water partition coefficient (Wildman–Crippen LogP) is 3.75. The van der Waals surface area contributed by atoms with E-state index in [1.165, 1.54) is 12.1 Å². The van der Waals surface area contributed by atoms with E-state index in [-0.39, 0.29) is 23.2 Å². The maximum Gasteiger partial charge on any atom is 0.287 e. The Morgan fingerprint density at radius 3 is 2.41 bits per heavy atom. The SMILES string of the molecule is CCc1ccccc1S(=O)(=O)Cc1ccc(C(=O)NCc2ccccc2)o1. The number of rotatable bonds is 7. The minimum Gasteiger partial charge on any atom is -0.455 e. The van der Waals surface area contributed by atoms with Gasteiger partial charge in [-0.25, -0.2) is 8.42 Å². The van der Waals surface area contributed by atoms with Gasteiger partial charge < -0.3 is 9.73 Å². The molecule has 3 rings (SSSR count). The lowest BCUT2D eigenvalue weighted by Gasteiger charge is -2.08. The fourth-order valence-corrected chi connectivity index (χ4v) is 4.39. The molecule has 0 saturated heterocycles. The number of nitrogens with one attached hydrogen (secondary N) is 1. The molecule has 27 heavy (non-hydrogen) atoms. The number of hydrogen-bond donors (Lipinski definition) is 1. The first-order valence-electron chi connectivity index (χ1n) is 8.71. The van der Waals surface area contributed by atoms with Crippen LogP contribution in [0.15, 0.2) is 76.0 Å². The van der Waals surface area contributed by atoms with Crippen LogP contribution in [-0.2, 0) is 28.6 Å². The van der Waals surface area contributed by atoms with E-state index in [1.54, 1.807) is 18.2 Å². The van der Waals surface area contributed by atoms with Gasteiger partial charge in [0.15, 0.2) is 15.6 Å². The van der Waals surface area contributed by atoms with Crippen LogP contribution in [0.2, 0.25) is 0 Å². The van der Waals surface area contributed by atoms with Crippen LogP contribution in [0.3, 0.4) is 0 Å². The summed E-state index contributed by atoms with van der Waals surface area (Å²) >= 11 is 0. The average molecular weight is 383 g/mol. The van der Waals surface area contributed by atoms with Crippen molar-refractivity contribution in [2.24, 2.45) is 0 Å². The molecule has 140 valence electrons. The topological polar surface area (TPSA) is 76.4 Å². The first-order valence-corrected chi connectivity index (χ1v) is 10.4. The van der Waals surface area contributed by atoms with E-state index in [2.05, 4.69) is 5.32 Å². The summed E-state index contributed by atoms with van der Waals surface area (Å²) in [5, 5.41) is 2.76. The second-order valence-corrected chi connectivity index (χ2v) is 8.11. The second-order valence-electron chi connectivity index (χ2n) is 6.15. The molecular formula is C21H21NO4S. The van der Waals surface area contributed by atoms with Crippen molar-refractivity contribution in [2.75, 3.05) is 0 Å². The van der Waals surface area contributed by atoms with E-state index in [0.717, 1.165) is 11.1 Å². The van der Waals surface area contributed by atoms with Gasteiger partial charge in [-0.2, -0.15) is 0 Å². The average Bonchev–Trinajstić information content (AvgIpc) is 3.14. The van der Waals surface area contributed by atoms with Crippen molar-refractivity contribution in [2.45, 2.75) is 30.5 Å². The minimum absolute atomic E-state index is 0.0971. The Kier molecular flexibility index (Phi) is 5.76. The van der Waals surface area contributed by atoms with Crippen LogP contribution in [0.25, 0.3) is 0 Å². The van der Waals surface area contributed by atoms with Crippen LogP contribution in [0, 0.1) is 0 Å². The molecule has 0 radical (unpaired) electrons. The third kappa shape index (κ3) is 4.65. The predicted molar refractivity (Wildman–Crippen MR) is 103 cm³/mol. The summed E-state index contributed by atoms with van der Waals surface area (Å²) in [6.07, 6.45) is 0.626. The molecule has 0 saturated carbocycles. The van der Waals surface area contributed by atoms with Gasteiger partial charge in [0.1, 0.15) is 11.5 Å². The fourth-order valence-electron chi connectivity index (χ4n) is 2.81. The Morgan fingerprint density at radius 1 is 0.963 bits per heavy atom. The highest BCUT2D eigenvalue weighted by atomic mass is 32.2. The molecule has 0 spiro atoms. The number of benzene rings is 2.